The van der Waals surface area contributed by atoms with E-state index in [9.17, 15) is 14.0 Å². The molecule has 2 N–H and O–H groups in total. The van der Waals surface area contributed by atoms with Gasteiger partial charge in [-0.2, -0.15) is 0 Å². The van der Waals surface area contributed by atoms with Crippen molar-refractivity contribution >= 4 is 29.2 Å². The van der Waals surface area contributed by atoms with Crippen molar-refractivity contribution < 1.29 is 18.4 Å². The van der Waals surface area contributed by atoms with Crippen LogP contribution in [0.3, 0.4) is 0 Å². The van der Waals surface area contributed by atoms with Gasteiger partial charge in [0.25, 0.3) is 11.8 Å². The fourth-order valence-corrected chi connectivity index (χ4v) is 3.63. The van der Waals surface area contributed by atoms with E-state index in [1.807, 2.05) is 18.2 Å². The van der Waals surface area contributed by atoms with Crippen molar-refractivity contribution in [1.29, 1.82) is 0 Å². The molecule has 33 heavy (non-hydrogen) atoms. The Bertz CT molecular complexity index is 1390. The Morgan fingerprint density at radius 1 is 1.06 bits per heavy atom. The lowest BCUT2D eigenvalue weighted by atomic mass is 10.1. The van der Waals surface area contributed by atoms with E-state index in [-0.39, 0.29) is 11.8 Å². The highest BCUT2D eigenvalue weighted by molar-refractivity contribution is 6.34. The summed E-state index contributed by atoms with van der Waals surface area (Å²) < 4.78 is 19.6. The van der Waals surface area contributed by atoms with Gasteiger partial charge >= 0.3 is 0 Å². The zero-order chi connectivity index (χ0) is 22.8. The van der Waals surface area contributed by atoms with Crippen molar-refractivity contribution in [3.8, 4) is 11.3 Å². The smallest absolute Gasteiger partial charge is 0.256 e. The highest BCUT2D eigenvalue weighted by Crippen LogP contribution is 2.34. The third kappa shape index (κ3) is 4.29. The lowest BCUT2D eigenvalue weighted by Gasteiger charge is -2.06. The minimum Gasteiger partial charge on any atom is -0.457 e. The zero-order valence-corrected chi connectivity index (χ0v) is 17.3. The molecule has 1 aliphatic heterocycles. The molecule has 2 aromatic carbocycles. The van der Waals surface area contributed by atoms with Gasteiger partial charge < -0.3 is 15.1 Å². The largest absolute Gasteiger partial charge is 0.457 e. The molecule has 5 rings (SSSR count). The van der Waals surface area contributed by atoms with Gasteiger partial charge in [0.15, 0.2) is 0 Å². The fraction of sp³-hybridized carbons (Fsp3) is 0.0385. The first kappa shape index (κ1) is 20.4. The van der Waals surface area contributed by atoms with E-state index < -0.39 is 5.82 Å². The van der Waals surface area contributed by atoms with E-state index in [0.717, 1.165) is 11.1 Å². The summed E-state index contributed by atoms with van der Waals surface area (Å²) in [6.07, 6.45) is 4.93. The first-order valence-electron chi connectivity index (χ1n) is 10.3. The highest BCUT2D eigenvalue weighted by atomic mass is 19.1. The molecule has 0 aliphatic carbocycles. The van der Waals surface area contributed by atoms with Crippen molar-refractivity contribution in [3.63, 3.8) is 0 Å². The Hall–Kier alpha value is -4.52. The second kappa shape index (κ2) is 8.55. The van der Waals surface area contributed by atoms with Crippen molar-refractivity contribution in [2.45, 2.75) is 6.54 Å². The van der Waals surface area contributed by atoms with E-state index in [1.165, 1.54) is 18.2 Å². The van der Waals surface area contributed by atoms with Crippen molar-refractivity contribution in [2.75, 3.05) is 5.32 Å². The van der Waals surface area contributed by atoms with Gasteiger partial charge in [-0.15, -0.1) is 0 Å². The number of pyridine rings is 1. The van der Waals surface area contributed by atoms with Gasteiger partial charge in [0.05, 0.1) is 5.57 Å². The number of nitrogens with one attached hydrogen (secondary N) is 2. The van der Waals surface area contributed by atoms with Crippen LogP contribution in [-0.2, 0) is 11.3 Å². The van der Waals surface area contributed by atoms with Crippen LogP contribution in [0.25, 0.3) is 23.0 Å². The number of hydrogen-bond acceptors (Lipinski definition) is 4. The molecule has 0 unspecified atom stereocenters. The molecule has 4 aromatic rings. The van der Waals surface area contributed by atoms with E-state index in [4.69, 9.17) is 4.42 Å². The molecule has 3 heterocycles. The van der Waals surface area contributed by atoms with Crippen LogP contribution >= 0.6 is 0 Å². The second-order valence-electron chi connectivity index (χ2n) is 7.52. The number of nitrogens with zero attached hydrogens (tertiary/aromatic N) is 1. The van der Waals surface area contributed by atoms with Gasteiger partial charge in [0.2, 0.25) is 0 Å². The summed E-state index contributed by atoms with van der Waals surface area (Å²) in [5, 5.41) is 5.60. The Morgan fingerprint density at radius 2 is 1.91 bits per heavy atom. The van der Waals surface area contributed by atoms with Crippen LogP contribution in [-0.4, -0.2) is 16.8 Å². The lowest BCUT2D eigenvalue weighted by molar-refractivity contribution is -0.110. The first-order valence-corrected chi connectivity index (χ1v) is 10.3. The number of furan rings is 1. The van der Waals surface area contributed by atoms with Crippen molar-refractivity contribution in [1.82, 2.24) is 10.3 Å². The second-order valence-corrected chi connectivity index (χ2v) is 7.52. The molecule has 0 spiro atoms. The molecule has 0 radical (unpaired) electrons. The van der Waals surface area contributed by atoms with Crippen LogP contribution in [0.2, 0.25) is 0 Å². The SMILES string of the molecule is O=C1Nc2ccc(F)cc2/C1=C\c1ccc(-c2cccc(C(=O)NCc3ccncc3)c2)o1. The quantitative estimate of drug-likeness (QED) is 0.433. The minimum atomic E-state index is -0.421. The van der Waals surface area contributed by atoms with Crippen LogP contribution < -0.4 is 10.6 Å². The Balaban J connectivity index is 1.35. The number of anilines is 1. The maximum atomic E-state index is 13.7. The Morgan fingerprint density at radius 3 is 2.76 bits per heavy atom. The average molecular weight is 439 g/mol. The van der Waals surface area contributed by atoms with Gasteiger partial charge in [-0.1, -0.05) is 12.1 Å². The highest BCUT2D eigenvalue weighted by Gasteiger charge is 2.25. The van der Waals surface area contributed by atoms with Gasteiger partial charge in [-0.25, -0.2) is 4.39 Å². The maximum Gasteiger partial charge on any atom is 0.256 e. The molecular weight excluding hydrogens is 421 g/mol. The average Bonchev–Trinajstić information content (AvgIpc) is 3.43. The number of amides is 2. The van der Waals surface area contributed by atoms with E-state index in [1.54, 1.807) is 48.8 Å². The molecule has 0 saturated heterocycles. The number of carbonyl (C=O) groups excluding carboxylic acids is 2. The topological polar surface area (TPSA) is 84.2 Å². The molecule has 0 bridgehead atoms. The normalized spacial score (nSPS) is 13.6. The summed E-state index contributed by atoms with van der Waals surface area (Å²) in [6, 6.07) is 18.4. The maximum absolute atomic E-state index is 13.7. The number of aromatic nitrogens is 1. The molecule has 6 nitrogen and oxygen atoms in total. The summed E-state index contributed by atoms with van der Waals surface area (Å²) in [7, 11) is 0. The molecule has 2 amide bonds. The first-order chi connectivity index (χ1) is 16.1. The minimum absolute atomic E-state index is 0.205. The summed E-state index contributed by atoms with van der Waals surface area (Å²) in [5.74, 6) is 0.0452. The number of hydrogen-bond donors (Lipinski definition) is 2. The Labute approximate surface area is 188 Å². The summed E-state index contributed by atoms with van der Waals surface area (Å²) in [5.41, 5.74) is 3.55. The van der Waals surface area contributed by atoms with Crippen molar-refractivity contribution in [2.24, 2.45) is 0 Å². The third-order valence-corrected chi connectivity index (χ3v) is 5.29. The molecule has 0 saturated carbocycles. The van der Waals surface area contributed by atoms with Crippen molar-refractivity contribution in [3.05, 3.63) is 107 Å². The van der Waals surface area contributed by atoms with E-state index in [2.05, 4.69) is 15.6 Å². The predicted octanol–water partition coefficient (Wildman–Crippen LogP) is 4.90. The molecular formula is C26H18FN3O3. The van der Waals surface area contributed by atoms with E-state index >= 15 is 0 Å². The molecule has 0 atom stereocenters. The Kier molecular flexibility index (Phi) is 5.28. The third-order valence-electron chi connectivity index (χ3n) is 5.29. The zero-order valence-electron chi connectivity index (χ0n) is 17.3. The summed E-state index contributed by atoms with van der Waals surface area (Å²) in [4.78, 5) is 28.9. The lowest BCUT2D eigenvalue weighted by Crippen LogP contribution is -2.22. The van der Waals surface area contributed by atoms with E-state index in [0.29, 0.717) is 40.5 Å². The molecule has 7 heteroatoms. The number of benzene rings is 2. The molecule has 1 aliphatic rings. The predicted molar refractivity (Wildman–Crippen MR) is 122 cm³/mol. The number of halogens is 1. The molecule has 2 aromatic heterocycles. The van der Waals surface area contributed by atoms with Gasteiger partial charge in [0, 0.05) is 41.3 Å². The molecule has 0 fully saturated rings. The monoisotopic (exact) mass is 439 g/mol. The van der Waals surface area contributed by atoms with Gasteiger partial charge in [0.1, 0.15) is 17.3 Å². The summed E-state index contributed by atoms with van der Waals surface area (Å²) in [6.45, 7) is 0.397. The van der Waals surface area contributed by atoms with Crippen LogP contribution in [0.1, 0.15) is 27.2 Å². The molecule has 162 valence electrons. The number of carbonyl (C=O) groups is 2. The fourth-order valence-electron chi connectivity index (χ4n) is 3.63. The van der Waals surface area contributed by atoms with Crippen LogP contribution in [0.15, 0.2) is 83.5 Å². The number of rotatable bonds is 5. The van der Waals surface area contributed by atoms with Gasteiger partial charge in [-0.05, 0) is 66.2 Å². The summed E-state index contributed by atoms with van der Waals surface area (Å²) >= 11 is 0. The van der Waals surface area contributed by atoms with Crippen LogP contribution in [0.4, 0.5) is 10.1 Å². The standard InChI is InChI=1S/C26H18FN3O3/c27-19-4-6-23-21(13-19)22(26(32)30-23)14-20-5-7-24(33-20)17-2-1-3-18(12-17)25(31)29-15-16-8-10-28-11-9-16/h1-14H,15H2,(H,29,31)(H,30,32)/b22-14+. The van der Waals surface area contributed by atoms with Gasteiger partial charge in [-0.3, -0.25) is 14.6 Å². The van der Waals surface area contributed by atoms with Crippen LogP contribution in [0, 0.1) is 5.82 Å². The van der Waals surface area contributed by atoms with Crippen LogP contribution in [0.5, 0.6) is 0 Å². The number of fused-ring (bicyclic) bond motifs is 1.